The zero-order valence-electron chi connectivity index (χ0n) is 18.1. The molecule has 0 spiro atoms. The molecule has 0 radical (unpaired) electrons. The number of amides is 2. The van der Waals surface area contributed by atoms with E-state index in [1.807, 2.05) is 26.8 Å². The van der Waals surface area contributed by atoms with Gasteiger partial charge >= 0.3 is 6.09 Å². The lowest BCUT2D eigenvalue weighted by Crippen LogP contribution is -2.39. The van der Waals surface area contributed by atoms with Gasteiger partial charge in [0.05, 0.1) is 17.9 Å². The standard InChI is InChI=1S/C20H29N5O3S/c1-19(2,3)15-10-13(24(7)23-15)16(26)22-17-21-12-8-9-25(11-14(12)29-17)18(27)28-20(4,5)6/h10H,8-9,11H2,1-7H3,(H,21,22,26). The molecule has 0 atom stereocenters. The summed E-state index contributed by atoms with van der Waals surface area (Å²) >= 11 is 1.39. The molecular weight excluding hydrogens is 390 g/mol. The molecule has 0 saturated heterocycles. The van der Waals surface area contributed by atoms with Gasteiger partial charge in [0, 0.05) is 30.3 Å². The predicted octanol–water partition coefficient (Wildman–Crippen LogP) is 3.72. The van der Waals surface area contributed by atoms with Crippen molar-refractivity contribution in [2.24, 2.45) is 7.05 Å². The summed E-state index contributed by atoms with van der Waals surface area (Å²) in [6.45, 7) is 12.7. The number of fused-ring (bicyclic) bond motifs is 1. The van der Waals surface area contributed by atoms with Crippen LogP contribution in [0, 0.1) is 0 Å². The Morgan fingerprint density at radius 2 is 1.90 bits per heavy atom. The van der Waals surface area contributed by atoms with E-state index >= 15 is 0 Å². The highest BCUT2D eigenvalue weighted by atomic mass is 32.1. The molecule has 2 aromatic heterocycles. The Morgan fingerprint density at radius 3 is 2.48 bits per heavy atom. The average Bonchev–Trinajstić information content (AvgIpc) is 3.14. The topological polar surface area (TPSA) is 89.4 Å². The minimum absolute atomic E-state index is 0.137. The minimum Gasteiger partial charge on any atom is -0.444 e. The summed E-state index contributed by atoms with van der Waals surface area (Å²) in [4.78, 5) is 32.2. The van der Waals surface area contributed by atoms with Gasteiger partial charge in [-0.2, -0.15) is 5.10 Å². The molecule has 1 N–H and O–H groups in total. The number of anilines is 1. The lowest BCUT2D eigenvalue weighted by Gasteiger charge is -2.29. The molecule has 8 nitrogen and oxygen atoms in total. The lowest BCUT2D eigenvalue weighted by molar-refractivity contribution is 0.0225. The largest absolute Gasteiger partial charge is 0.444 e. The van der Waals surface area contributed by atoms with Crippen molar-refractivity contribution >= 4 is 28.5 Å². The number of hydrogen-bond donors (Lipinski definition) is 1. The molecular formula is C20H29N5O3S. The van der Waals surface area contributed by atoms with Crippen molar-refractivity contribution in [1.82, 2.24) is 19.7 Å². The summed E-state index contributed by atoms with van der Waals surface area (Å²) in [5, 5.41) is 7.86. The minimum atomic E-state index is -0.529. The molecule has 0 unspecified atom stereocenters. The number of thiazole rings is 1. The average molecular weight is 420 g/mol. The Kier molecular flexibility index (Phi) is 5.46. The molecule has 0 aliphatic carbocycles. The van der Waals surface area contributed by atoms with E-state index in [4.69, 9.17) is 4.74 Å². The Hall–Kier alpha value is -2.42. The fourth-order valence-electron chi connectivity index (χ4n) is 2.94. The first-order chi connectivity index (χ1) is 13.3. The van der Waals surface area contributed by atoms with Gasteiger partial charge in [-0.05, 0) is 26.8 Å². The van der Waals surface area contributed by atoms with Crippen LogP contribution in [0.1, 0.15) is 68.3 Å². The normalized spacial score (nSPS) is 14.5. The quantitative estimate of drug-likeness (QED) is 0.801. The molecule has 29 heavy (non-hydrogen) atoms. The zero-order valence-corrected chi connectivity index (χ0v) is 18.9. The fraction of sp³-hybridized carbons (Fsp3) is 0.600. The molecule has 0 saturated carbocycles. The molecule has 0 aromatic carbocycles. The highest BCUT2D eigenvalue weighted by Gasteiger charge is 2.28. The van der Waals surface area contributed by atoms with Crippen molar-refractivity contribution in [3.63, 3.8) is 0 Å². The monoisotopic (exact) mass is 419 g/mol. The van der Waals surface area contributed by atoms with E-state index in [0.29, 0.717) is 30.3 Å². The first-order valence-corrected chi connectivity index (χ1v) is 10.5. The second kappa shape index (κ2) is 7.44. The van der Waals surface area contributed by atoms with Crippen molar-refractivity contribution in [3.8, 4) is 0 Å². The van der Waals surface area contributed by atoms with Crippen molar-refractivity contribution in [2.75, 3.05) is 11.9 Å². The van der Waals surface area contributed by atoms with Crippen LogP contribution < -0.4 is 5.32 Å². The van der Waals surface area contributed by atoms with E-state index in [-0.39, 0.29) is 17.4 Å². The molecule has 3 heterocycles. The third kappa shape index (κ3) is 4.95. The predicted molar refractivity (Wildman–Crippen MR) is 112 cm³/mol. The molecule has 3 rings (SSSR count). The number of nitrogens with one attached hydrogen (secondary N) is 1. The van der Waals surface area contributed by atoms with E-state index in [2.05, 4.69) is 36.2 Å². The van der Waals surface area contributed by atoms with E-state index in [1.165, 1.54) is 11.3 Å². The van der Waals surface area contributed by atoms with Gasteiger partial charge in [-0.1, -0.05) is 32.1 Å². The van der Waals surface area contributed by atoms with Crippen molar-refractivity contribution < 1.29 is 14.3 Å². The maximum atomic E-state index is 12.7. The fourth-order valence-corrected chi connectivity index (χ4v) is 3.96. The third-order valence-corrected chi connectivity index (χ3v) is 5.48. The first kappa shape index (κ1) is 21.3. The Bertz CT molecular complexity index is 933. The van der Waals surface area contributed by atoms with Crippen LogP contribution in [0.15, 0.2) is 6.07 Å². The summed E-state index contributed by atoms with van der Waals surface area (Å²) in [5.74, 6) is -0.245. The molecule has 1 aliphatic rings. The molecule has 1 aliphatic heterocycles. The molecule has 0 fully saturated rings. The Labute approximate surface area is 175 Å². The van der Waals surface area contributed by atoms with Gasteiger partial charge in [-0.3, -0.25) is 14.8 Å². The number of aryl methyl sites for hydroxylation is 1. The SMILES string of the molecule is Cn1nc(C(C)(C)C)cc1C(=O)Nc1nc2c(s1)CN(C(=O)OC(C)(C)C)CC2. The number of aromatic nitrogens is 3. The molecule has 0 bridgehead atoms. The smallest absolute Gasteiger partial charge is 0.410 e. The van der Waals surface area contributed by atoms with Crippen LogP contribution in [-0.4, -0.2) is 43.8 Å². The number of hydrogen-bond acceptors (Lipinski definition) is 6. The van der Waals surface area contributed by atoms with E-state index in [0.717, 1.165) is 16.3 Å². The van der Waals surface area contributed by atoms with Gasteiger partial charge in [-0.15, -0.1) is 0 Å². The van der Waals surface area contributed by atoms with Crippen LogP contribution >= 0.6 is 11.3 Å². The number of nitrogens with zero attached hydrogens (tertiary/aromatic N) is 4. The maximum Gasteiger partial charge on any atom is 0.410 e. The van der Waals surface area contributed by atoms with E-state index < -0.39 is 5.60 Å². The van der Waals surface area contributed by atoms with Crippen LogP contribution in [0.5, 0.6) is 0 Å². The molecule has 158 valence electrons. The first-order valence-electron chi connectivity index (χ1n) is 9.66. The van der Waals surface area contributed by atoms with Gasteiger partial charge in [-0.25, -0.2) is 9.78 Å². The number of carbonyl (C=O) groups excluding carboxylic acids is 2. The van der Waals surface area contributed by atoms with Crippen LogP contribution in [0.4, 0.5) is 9.93 Å². The molecule has 2 amide bonds. The second-order valence-corrected chi connectivity index (χ2v) is 10.4. The van der Waals surface area contributed by atoms with Gasteiger partial charge in [0.2, 0.25) is 0 Å². The second-order valence-electron chi connectivity index (χ2n) is 9.28. The Morgan fingerprint density at radius 1 is 1.21 bits per heavy atom. The molecule has 9 heteroatoms. The van der Waals surface area contributed by atoms with Crippen molar-refractivity contribution in [3.05, 3.63) is 28.0 Å². The van der Waals surface area contributed by atoms with Crippen LogP contribution in [-0.2, 0) is 30.2 Å². The van der Waals surface area contributed by atoms with Gasteiger partial charge in [0.25, 0.3) is 5.91 Å². The highest BCUT2D eigenvalue weighted by molar-refractivity contribution is 7.15. The third-order valence-electron chi connectivity index (χ3n) is 4.48. The summed E-state index contributed by atoms with van der Waals surface area (Å²) in [7, 11) is 1.76. The van der Waals surface area contributed by atoms with Crippen molar-refractivity contribution in [2.45, 2.75) is 65.5 Å². The Balaban J connectivity index is 1.70. The molecule has 2 aromatic rings. The van der Waals surface area contributed by atoms with Gasteiger partial charge < -0.3 is 9.64 Å². The van der Waals surface area contributed by atoms with Crippen LogP contribution in [0.3, 0.4) is 0 Å². The summed E-state index contributed by atoms with van der Waals surface area (Å²) < 4.78 is 7.05. The van der Waals surface area contributed by atoms with Gasteiger partial charge in [0.15, 0.2) is 5.13 Å². The zero-order chi connectivity index (χ0) is 21.6. The van der Waals surface area contributed by atoms with Crippen LogP contribution in [0.25, 0.3) is 0 Å². The summed E-state index contributed by atoms with van der Waals surface area (Å²) in [6, 6.07) is 1.81. The number of carbonyl (C=O) groups is 2. The number of ether oxygens (including phenoxy) is 1. The summed E-state index contributed by atoms with van der Waals surface area (Å²) in [6.07, 6.45) is 0.313. The van der Waals surface area contributed by atoms with Crippen LogP contribution in [0.2, 0.25) is 0 Å². The van der Waals surface area contributed by atoms with Crippen molar-refractivity contribution in [1.29, 1.82) is 0 Å². The lowest BCUT2D eigenvalue weighted by atomic mass is 9.92. The highest BCUT2D eigenvalue weighted by Crippen LogP contribution is 2.29. The van der Waals surface area contributed by atoms with E-state index in [1.54, 1.807) is 16.6 Å². The van der Waals surface area contributed by atoms with Gasteiger partial charge in [0.1, 0.15) is 11.3 Å². The van der Waals surface area contributed by atoms with E-state index in [9.17, 15) is 9.59 Å². The summed E-state index contributed by atoms with van der Waals surface area (Å²) in [5.41, 5.74) is 1.60. The number of rotatable bonds is 2. The maximum absolute atomic E-state index is 12.7.